The lowest BCUT2D eigenvalue weighted by atomic mass is 10.3. The van der Waals surface area contributed by atoms with Crippen molar-refractivity contribution in [2.45, 2.75) is 13.3 Å². The number of ether oxygens (including phenoxy) is 1. The molecule has 0 spiro atoms. The number of hydrogen-bond acceptors (Lipinski definition) is 3. The van der Waals surface area contributed by atoms with Crippen LogP contribution in [0.4, 0.5) is 4.39 Å². The molecule has 0 aliphatic rings. The first-order chi connectivity index (χ1) is 10.2. The van der Waals surface area contributed by atoms with E-state index in [2.05, 4.69) is 10.3 Å². The zero-order valence-corrected chi connectivity index (χ0v) is 11.9. The standard InChI is InChI=1S/C15H18FN3O2/c1-2-21-9-3-8-17-15(20)14-10-19(11-18-14)13-6-4-12(16)5-7-13/h4-7,10-11H,2-3,8-9H2,1H3,(H,17,20). The van der Waals surface area contributed by atoms with Crippen LogP contribution in [0.1, 0.15) is 23.8 Å². The average molecular weight is 291 g/mol. The molecule has 2 aromatic rings. The molecule has 21 heavy (non-hydrogen) atoms. The quantitative estimate of drug-likeness (QED) is 0.795. The lowest BCUT2D eigenvalue weighted by molar-refractivity contribution is 0.0940. The highest BCUT2D eigenvalue weighted by Crippen LogP contribution is 2.09. The number of rotatable bonds is 7. The molecule has 1 amide bonds. The minimum atomic E-state index is -0.300. The van der Waals surface area contributed by atoms with E-state index in [0.717, 1.165) is 12.1 Å². The minimum Gasteiger partial charge on any atom is -0.382 e. The van der Waals surface area contributed by atoms with Crippen LogP contribution >= 0.6 is 0 Å². The Kier molecular flexibility index (Phi) is 5.45. The Hall–Kier alpha value is -2.21. The zero-order valence-electron chi connectivity index (χ0n) is 11.9. The predicted molar refractivity (Wildman–Crippen MR) is 77.0 cm³/mol. The van der Waals surface area contributed by atoms with E-state index in [1.54, 1.807) is 22.9 Å². The van der Waals surface area contributed by atoms with Crippen molar-refractivity contribution in [2.75, 3.05) is 19.8 Å². The number of nitrogens with one attached hydrogen (secondary N) is 1. The highest BCUT2D eigenvalue weighted by molar-refractivity contribution is 5.92. The molecule has 0 atom stereocenters. The average Bonchev–Trinajstić information content (AvgIpc) is 2.97. The molecule has 0 bridgehead atoms. The van der Waals surface area contributed by atoms with Crippen molar-refractivity contribution < 1.29 is 13.9 Å². The fourth-order valence-electron chi connectivity index (χ4n) is 1.81. The Bertz CT molecular complexity index is 581. The molecule has 5 nitrogen and oxygen atoms in total. The number of hydrogen-bond donors (Lipinski definition) is 1. The Balaban J connectivity index is 1.90. The number of benzene rings is 1. The van der Waals surface area contributed by atoms with Crippen molar-refractivity contribution in [3.05, 3.63) is 48.3 Å². The van der Waals surface area contributed by atoms with Crippen LogP contribution in [0, 0.1) is 5.82 Å². The molecule has 0 saturated heterocycles. The van der Waals surface area contributed by atoms with Crippen LogP contribution < -0.4 is 5.32 Å². The molecule has 1 aromatic carbocycles. The number of amides is 1. The van der Waals surface area contributed by atoms with Gasteiger partial charge in [0.1, 0.15) is 17.8 Å². The SMILES string of the molecule is CCOCCCNC(=O)c1cn(-c2ccc(F)cc2)cn1. The summed E-state index contributed by atoms with van der Waals surface area (Å²) in [6.07, 6.45) is 3.91. The molecule has 1 N–H and O–H groups in total. The highest BCUT2D eigenvalue weighted by atomic mass is 19.1. The van der Waals surface area contributed by atoms with Gasteiger partial charge in [0.15, 0.2) is 0 Å². The number of aromatic nitrogens is 2. The normalized spacial score (nSPS) is 10.6. The molecule has 0 aliphatic heterocycles. The molecular formula is C15H18FN3O2. The Morgan fingerprint density at radius 2 is 2.14 bits per heavy atom. The number of carbonyl (C=O) groups is 1. The minimum absolute atomic E-state index is 0.229. The van der Waals surface area contributed by atoms with Gasteiger partial charge in [-0.2, -0.15) is 0 Å². The van der Waals surface area contributed by atoms with Crippen LogP contribution in [0.15, 0.2) is 36.8 Å². The van der Waals surface area contributed by atoms with E-state index in [1.807, 2.05) is 6.92 Å². The molecule has 6 heteroatoms. The summed E-state index contributed by atoms with van der Waals surface area (Å²) in [6, 6.07) is 5.98. The Morgan fingerprint density at radius 3 is 2.86 bits per heavy atom. The highest BCUT2D eigenvalue weighted by Gasteiger charge is 2.09. The van der Waals surface area contributed by atoms with Gasteiger partial charge in [0, 0.05) is 31.6 Å². The van der Waals surface area contributed by atoms with Crippen molar-refractivity contribution in [1.29, 1.82) is 0 Å². The van der Waals surface area contributed by atoms with Gasteiger partial charge < -0.3 is 14.6 Å². The van der Waals surface area contributed by atoms with E-state index in [1.165, 1.54) is 18.5 Å². The molecule has 0 unspecified atom stereocenters. The summed E-state index contributed by atoms with van der Waals surface area (Å²) in [6.45, 7) is 3.78. The first-order valence-corrected chi connectivity index (χ1v) is 6.86. The summed E-state index contributed by atoms with van der Waals surface area (Å²) in [7, 11) is 0. The van der Waals surface area contributed by atoms with Crippen molar-refractivity contribution in [2.24, 2.45) is 0 Å². The predicted octanol–water partition coefficient (Wildman–Crippen LogP) is 2.17. The van der Waals surface area contributed by atoms with Crippen LogP contribution in [-0.2, 0) is 4.74 Å². The van der Waals surface area contributed by atoms with E-state index in [-0.39, 0.29) is 11.7 Å². The van der Waals surface area contributed by atoms with Crippen LogP contribution in [0.5, 0.6) is 0 Å². The summed E-state index contributed by atoms with van der Waals surface area (Å²) in [4.78, 5) is 15.9. The van der Waals surface area contributed by atoms with Crippen molar-refractivity contribution in [3.63, 3.8) is 0 Å². The number of nitrogens with zero attached hydrogens (tertiary/aromatic N) is 2. The molecule has 0 saturated carbocycles. The summed E-state index contributed by atoms with van der Waals surface area (Å²) in [5, 5.41) is 2.78. The molecular weight excluding hydrogens is 273 g/mol. The molecule has 0 radical (unpaired) electrons. The van der Waals surface area contributed by atoms with Crippen LogP contribution in [0.3, 0.4) is 0 Å². The van der Waals surface area contributed by atoms with E-state index < -0.39 is 0 Å². The van der Waals surface area contributed by atoms with Crippen molar-refractivity contribution in [3.8, 4) is 5.69 Å². The maximum Gasteiger partial charge on any atom is 0.271 e. The second kappa shape index (κ2) is 7.54. The van der Waals surface area contributed by atoms with Gasteiger partial charge in [0.2, 0.25) is 0 Å². The third-order valence-electron chi connectivity index (χ3n) is 2.90. The summed E-state index contributed by atoms with van der Waals surface area (Å²) in [5.41, 5.74) is 1.08. The van der Waals surface area contributed by atoms with Gasteiger partial charge in [-0.05, 0) is 37.6 Å². The topological polar surface area (TPSA) is 56.1 Å². The van der Waals surface area contributed by atoms with Crippen LogP contribution in [0.2, 0.25) is 0 Å². The first-order valence-electron chi connectivity index (χ1n) is 6.86. The second-order valence-electron chi connectivity index (χ2n) is 4.45. The maximum atomic E-state index is 12.9. The number of halogens is 1. The molecule has 0 aliphatic carbocycles. The van der Waals surface area contributed by atoms with E-state index in [4.69, 9.17) is 4.74 Å². The smallest absolute Gasteiger partial charge is 0.271 e. The molecule has 0 fully saturated rings. The first kappa shape index (κ1) is 15.2. The van der Waals surface area contributed by atoms with E-state index in [9.17, 15) is 9.18 Å². The Morgan fingerprint density at radius 1 is 1.38 bits per heavy atom. The summed E-state index contributed by atoms with van der Waals surface area (Å²) < 4.78 is 19.7. The largest absolute Gasteiger partial charge is 0.382 e. The molecule has 1 aromatic heterocycles. The molecule has 112 valence electrons. The molecule has 1 heterocycles. The lowest BCUT2D eigenvalue weighted by Crippen LogP contribution is -2.25. The fraction of sp³-hybridized carbons (Fsp3) is 0.333. The van der Waals surface area contributed by atoms with Gasteiger partial charge in [0.25, 0.3) is 5.91 Å². The Labute approximate surface area is 122 Å². The number of carbonyl (C=O) groups excluding carboxylic acids is 1. The van der Waals surface area contributed by atoms with Gasteiger partial charge in [-0.15, -0.1) is 0 Å². The zero-order chi connectivity index (χ0) is 15.1. The van der Waals surface area contributed by atoms with Crippen LogP contribution in [-0.4, -0.2) is 35.2 Å². The number of imidazole rings is 1. The van der Waals surface area contributed by atoms with Gasteiger partial charge in [-0.1, -0.05) is 0 Å². The van der Waals surface area contributed by atoms with Gasteiger partial charge in [-0.25, -0.2) is 9.37 Å². The van der Waals surface area contributed by atoms with Crippen molar-refractivity contribution in [1.82, 2.24) is 14.9 Å². The van der Waals surface area contributed by atoms with Crippen molar-refractivity contribution >= 4 is 5.91 Å². The lowest BCUT2D eigenvalue weighted by Gasteiger charge is -2.03. The monoisotopic (exact) mass is 291 g/mol. The van der Waals surface area contributed by atoms with E-state index >= 15 is 0 Å². The van der Waals surface area contributed by atoms with E-state index in [0.29, 0.717) is 25.5 Å². The third kappa shape index (κ3) is 4.39. The van der Waals surface area contributed by atoms with Crippen LogP contribution in [0.25, 0.3) is 5.69 Å². The summed E-state index contributed by atoms with van der Waals surface area (Å²) >= 11 is 0. The van der Waals surface area contributed by atoms with Gasteiger partial charge >= 0.3 is 0 Å². The van der Waals surface area contributed by atoms with Gasteiger partial charge in [-0.3, -0.25) is 4.79 Å². The third-order valence-corrected chi connectivity index (χ3v) is 2.90. The fourth-order valence-corrected chi connectivity index (χ4v) is 1.81. The maximum absolute atomic E-state index is 12.9. The molecule has 2 rings (SSSR count). The summed E-state index contributed by atoms with van der Waals surface area (Å²) in [5.74, 6) is -0.529. The second-order valence-corrected chi connectivity index (χ2v) is 4.45. The van der Waals surface area contributed by atoms with Gasteiger partial charge in [0.05, 0.1) is 0 Å².